The number of hydrazone groups is 1. The molecule has 8 heteroatoms. The number of hydrogen-bond acceptors (Lipinski definition) is 6. The Morgan fingerprint density at radius 3 is 2.45 bits per heavy atom. The molecule has 3 amide bonds. The summed E-state index contributed by atoms with van der Waals surface area (Å²) in [7, 11) is 0. The van der Waals surface area contributed by atoms with Gasteiger partial charge in [-0.1, -0.05) is 30.3 Å². The van der Waals surface area contributed by atoms with E-state index in [2.05, 4.69) is 15.7 Å². The van der Waals surface area contributed by atoms with E-state index in [1.54, 1.807) is 24.3 Å². The standard InChI is InChI=1S/C21H22N4O4/c1-15-11-12-25(24-15)18-9-7-17(8-10-18)20(27)29-14-19(26)23-21(28)22-13-16-5-3-2-4-6-16/h2-10H,11-14H2,1H3,(H2,22,23,26,28). The molecule has 0 radical (unpaired) electrons. The number of anilines is 1. The van der Waals surface area contributed by atoms with E-state index in [1.807, 2.05) is 42.3 Å². The minimum atomic E-state index is -0.706. The van der Waals surface area contributed by atoms with Crippen molar-refractivity contribution >= 4 is 29.3 Å². The van der Waals surface area contributed by atoms with Crippen LogP contribution in [0.4, 0.5) is 10.5 Å². The number of rotatable bonds is 6. The van der Waals surface area contributed by atoms with Crippen molar-refractivity contribution < 1.29 is 19.1 Å². The van der Waals surface area contributed by atoms with E-state index in [-0.39, 0.29) is 6.54 Å². The molecule has 8 nitrogen and oxygen atoms in total. The summed E-state index contributed by atoms with van der Waals surface area (Å²) in [6.45, 7) is 2.52. The number of imide groups is 1. The lowest BCUT2D eigenvalue weighted by atomic mass is 10.2. The number of esters is 1. The van der Waals surface area contributed by atoms with Gasteiger partial charge in [-0.15, -0.1) is 0 Å². The molecule has 0 spiro atoms. The zero-order valence-electron chi connectivity index (χ0n) is 16.1. The van der Waals surface area contributed by atoms with E-state index in [9.17, 15) is 14.4 Å². The fourth-order valence-corrected chi connectivity index (χ4v) is 2.73. The number of nitrogens with one attached hydrogen (secondary N) is 2. The molecule has 2 aromatic rings. The van der Waals surface area contributed by atoms with E-state index in [4.69, 9.17) is 4.74 Å². The van der Waals surface area contributed by atoms with Crippen LogP contribution < -0.4 is 15.6 Å². The Morgan fingerprint density at radius 2 is 1.79 bits per heavy atom. The number of urea groups is 1. The summed E-state index contributed by atoms with van der Waals surface area (Å²) in [4.78, 5) is 35.6. The third-order valence-electron chi connectivity index (χ3n) is 4.26. The van der Waals surface area contributed by atoms with E-state index >= 15 is 0 Å². The molecule has 1 aliphatic heterocycles. The largest absolute Gasteiger partial charge is 0.452 e. The second kappa shape index (κ2) is 9.50. The van der Waals surface area contributed by atoms with Gasteiger partial charge in [0.25, 0.3) is 5.91 Å². The van der Waals surface area contributed by atoms with E-state index in [0.29, 0.717) is 5.56 Å². The molecule has 3 rings (SSSR count). The van der Waals surface area contributed by atoms with Gasteiger partial charge in [-0.25, -0.2) is 9.59 Å². The van der Waals surface area contributed by atoms with Gasteiger partial charge in [0, 0.05) is 25.2 Å². The van der Waals surface area contributed by atoms with Crippen molar-refractivity contribution in [1.82, 2.24) is 10.6 Å². The summed E-state index contributed by atoms with van der Waals surface area (Å²) in [6.07, 6.45) is 0.915. The molecule has 0 unspecified atom stereocenters. The highest BCUT2D eigenvalue weighted by Crippen LogP contribution is 2.20. The molecular weight excluding hydrogens is 372 g/mol. The highest BCUT2D eigenvalue weighted by atomic mass is 16.5. The van der Waals surface area contributed by atoms with E-state index in [1.165, 1.54) is 0 Å². The molecule has 1 aliphatic rings. The summed E-state index contributed by atoms with van der Waals surface area (Å²) in [6, 6.07) is 15.4. The molecule has 0 aliphatic carbocycles. The van der Waals surface area contributed by atoms with Gasteiger partial charge in [0.05, 0.1) is 11.3 Å². The molecule has 0 saturated carbocycles. The Balaban J connectivity index is 1.41. The Morgan fingerprint density at radius 1 is 1.07 bits per heavy atom. The van der Waals surface area contributed by atoms with Crippen molar-refractivity contribution in [2.45, 2.75) is 19.9 Å². The average molecular weight is 394 g/mol. The molecule has 0 fully saturated rings. The van der Waals surface area contributed by atoms with Crippen LogP contribution in [0.3, 0.4) is 0 Å². The molecule has 150 valence electrons. The van der Waals surface area contributed by atoms with Crippen LogP contribution >= 0.6 is 0 Å². The quantitative estimate of drug-likeness (QED) is 0.733. The summed E-state index contributed by atoms with van der Waals surface area (Å²) in [5, 5.41) is 10.9. The fourth-order valence-electron chi connectivity index (χ4n) is 2.73. The minimum absolute atomic E-state index is 0.284. The number of hydrogen-bond donors (Lipinski definition) is 2. The Kier molecular flexibility index (Phi) is 6.57. The number of nitrogens with zero attached hydrogens (tertiary/aromatic N) is 2. The topological polar surface area (TPSA) is 100 Å². The second-order valence-electron chi connectivity index (χ2n) is 6.55. The lowest BCUT2D eigenvalue weighted by molar-refractivity contribution is -0.123. The van der Waals surface area contributed by atoms with Crippen molar-refractivity contribution in [3.63, 3.8) is 0 Å². The first-order chi connectivity index (χ1) is 14.0. The molecule has 0 aromatic heterocycles. The van der Waals surface area contributed by atoms with Crippen molar-refractivity contribution in [3.05, 3.63) is 65.7 Å². The smallest absolute Gasteiger partial charge is 0.338 e. The summed E-state index contributed by atoms with van der Waals surface area (Å²) in [5.74, 6) is -1.35. The van der Waals surface area contributed by atoms with E-state index < -0.39 is 24.5 Å². The second-order valence-corrected chi connectivity index (χ2v) is 6.55. The number of carbonyl (C=O) groups is 3. The first-order valence-electron chi connectivity index (χ1n) is 9.21. The average Bonchev–Trinajstić information content (AvgIpc) is 3.18. The monoisotopic (exact) mass is 394 g/mol. The maximum Gasteiger partial charge on any atom is 0.338 e. The number of amides is 3. The van der Waals surface area contributed by atoms with E-state index in [0.717, 1.165) is 29.9 Å². The predicted octanol–water partition coefficient (Wildman–Crippen LogP) is 2.46. The molecule has 2 aromatic carbocycles. The fraction of sp³-hybridized carbons (Fsp3) is 0.238. The van der Waals surface area contributed by atoms with Gasteiger partial charge in [0.15, 0.2) is 6.61 Å². The molecule has 2 N–H and O–H groups in total. The maximum atomic E-state index is 12.1. The number of benzene rings is 2. The minimum Gasteiger partial charge on any atom is -0.452 e. The van der Waals surface area contributed by atoms with Gasteiger partial charge in [0.1, 0.15) is 0 Å². The lowest BCUT2D eigenvalue weighted by Crippen LogP contribution is -2.41. The number of ether oxygens (including phenoxy) is 1. The first kappa shape index (κ1) is 20.1. The summed E-state index contributed by atoms with van der Waals surface area (Å²) < 4.78 is 4.96. The third-order valence-corrected chi connectivity index (χ3v) is 4.26. The Labute approximate surface area is 168 Å². The highest BCUT2D eigenvalue weighted by Gasteiger charge is 2.15. The number of carbonyl (C=O) groups excluding carboxylic acids is 3. The molecule has 29 heavy (non-hydrogen) atoms. The van der Waals surface area contributed by atoms with Gasteiger partial charge in [-0.2, -0.15) is 5.10 Å². The van der Waals surface area contributed by atoms with Gasteiger partial charge >= 0.3 is 12.0 Å². The Bertz CT molecular complexity index is 910. The molecule has 0 bridgehead atoms. The van der Waals surface area contributed by atoms with Crippen LogP contribution in [0.5, 0.6) is 0 Å². The lowest BCUT2D eigenvalue weighted by Gasteiger charge is -2.13. The van der Waals surface area contributed by atoms with Gasteiger partial charge < -0.3 is 10.1 Å². The van der Waals surface area contributed by atoms with Crippen LogP contribution in [-0.4, -0.2) is 36.8 Å². The summed E-state index contributed by atoms with van der Waals surface area (Å²) in [5.41, 5.74) is 3.16. The van der Waals surface area contributed by atoms with Crippen LogP contribution in [0.25, 0.3) is 0 Å². The molecule has 0 atom stereocenters. The van der Waals surface area contributed by atoms with Crippen molar-refractivity contribution in [1.29, 1.82) is 0 Å². The van der Waals surface area contributed by atoms with Gasteiger partial charge in [-0.05, 0) is 36.8 Å². The third kappa shape index (κ3) is 5.90. The van der Waals surface area contributed by atoms with Crippen molar-refractivity contribution in [3.8, 4) is 0 Å². The molecular formula is C21H22N4O4. The van der Waals surface area contributed by atoms with Crippen LogP contribution in [-0.2, 0) is 16.1 Å². The maximum absolute atomic E-state index is 12.1. The van der Waals surface area contributed by atoms with Crippen LogP contribution in [0, 0.1) is 0 Å². The van der Waals surface area contributed by atoms with Gasteiger partial charge in [0.2, 0.25) is 0 Å². The van der Waals surface area contributed by atoms with Crippen LogP contribution in [0.2, 0.25) is 0 Å². The van der Waals surface area contributed by atoms with Crippen LogP contribution in [0.1, 0.15) is 29.3 Å². The van der Waals surface area contributed by atoms with Crippen LogP contribution in [0.15, 0.2) is 59.7 Å². The zero-order valence-corrected chi connectivity index (χ0v) is 16.1. The molecule has 1 heterocycles. The predicted molar refractivity (Wildman–Crippen MR) is 109 cm³/mol. The Hall–Kier alpha value is -3.68. The summed E-state index contributed by atoms with van der Waals surface area (Å²) >= 11 is 0. The zero-order chi connectivity index (χ0) is 20.6. The highest BCUT2D eigenvalue weighted by molar-refractivity contribution is 5.97. The van der Waals surface area contributed by atoms with Crippen molar-refractivity contribution in [2.75, 3.05) is 18.2 Å². The first-order valence-corrected chi connectivity index (χ1v) is 9.21. The van der Waals surface area contributed by atoms with Gasteiger partial charge in [-0.3, -0.25) is 15.1 Å². The molecule has 0 saturated heterocycles. The SMILES string of the molecule is CC1=NN(c2ccc(C(=O)OCC(=O)NC(=O)NCc3ccccc3)cc2)CC1. The van der Waals surface area contributed by atoms with Crippen molar-refractivity contribution in [2.24, 2.45) is 5.10 Å². The normalized spacial score (nSPS) is 12.9.